The smallest absolute Gasteiger partial charge is 0.242 e. The van der Waals surface area contributed by atoms with Crippen LogP contribution in [0.2, 0.25) is 0 Å². The topological polar surface area (TPSA) is 71.6 Å². The summed E-state index contributed by atoms with van der Waals surface area (Å²) in [5.74, 6) is 1.25. The quantitative estimate of drug-likeness (QED) is 0.500. The minimum atomic E-state index is -0.145. The molecule has 0 atom stereocenters. The largest absolute Gasteiger partial charge is 0.493 e. The van der Waals surface area contributed by atoms with Crippen LogP contribution in [0.3, 0.4) is 0 Å². The SMILES string of the molecule is COc1ccc(CCNC(=S)NNC(=O)Cc2ccccc2C)cc1OC. The number of hydrazine groups is 1. The van der Waals surface area contributed by atoms with E-state index in [4.69, 9.17) is 21.7 Å². The fourth-order valence-electron chi connectivity index (χ4n) is 2.55. The van der Waals surface area contributed by atoms with Crippen LogP contribution >= 0.6 is 12.2 Å². The number of amides is 1. The summed E-state index contributed by atoms with van der Waals surface area (Å²) in [5.41, 5.74) is 8.50. The van der Waals surface area contributed by atoms with Gasteiger partial charge in [-0.25, -0.2) is 0 Å². The van der Waals surface area contributed by atoms with Crippen LogP contribution < -0.4 is 25.6 Å². The van der Waals surface area contributed by atoms with Crippen molar-refractivity contribution in [1.82, 2.24) is 16.2 Å². The first-order chi connectivity index (χ1) is 13.0. The van der Waals surface area contributed by atoms with E-state index in [0.29, 0.717) is 29.6 Å². The molecule has 0 unspecified atom stereocenters. The lowest BCUT2D eigenvalue weighted by atomic mass is 10.1. The third-order valence-electron chi connectivity index (χ3n) is 4.07. The molecular formula is C20H25N3O3S. The Bertz CT molecular complexity index is 796. The molecule has 3 N–H and O–H groups in total. The third kappa shape index (κ3) is 6.45. The highest BCUT2D eigenvalue weighted by atomic mass is 32.1. The van der Waals surface area contributed by atoms with Crippen LogP contribution in [-0.4, -0.2) is 31.8 Å². The standard InChI is InChI=1S/C20H25N3O3S/c1-14-6-4-5-7-16(14)13-19(24)22-23-20(27)21-11-10-15-8-9-17(25-2)18(12-15)26-3/h4-9,12H,10-11,13H2,1-3H3,(H,22,24)(H2,21,23,27). The van der Waals surface area contributed by atoms with Gasteiger partial charge in [0.05, 0.1) is 20.6 Å². The highest BCUT2D eigenvalue weighted by molar-refractivity contribution is 7.80. The number of nitrogens with one attached hydrogen (secondary N) is 3. The molecule has 0 heterocycles. The normalized spacial score (nSPS) is 10.0. The Labute approximate surface area is 165 Å². The monoisotopic (exact) mass is 387 g/mol. The van der Waals surface area contributed by atoms with Crippen LogP contribution in [0.5, 0.6) is 11.5 Å². The van der Waals surface area contributed by atoms with Crippen molar-refractivity contribution in [3.8, 4) is 11.5 Å². The van der Waals surface area contributed by atoms with Crippen molar-refractivity contribution < 1.29 is 14.3 Å². The van der Waals surface area contributed by atoms with Gasteiger partial charge in [0.2, 0.25) is 5.91 Å². The summed E-state index contributed by atoms with van der Waals surface area (Å²) in [6.07, 6.45) is 1.05. The molecule has 1 amide bonds. The van der Waals surface area contributed by atoms with Crippen LogP contribution in [0.25, 0.3) is 0 Å². The molecule has 0 radical (unpaired) electrons. The molecule has 27 heavy (non-hydrogen) atoms. The molecule has 0 spiro atoms. The molecule has 0 bridgehead atoms. The minimum absolute atomic E-state index is 0.145. The van der Waals surface area contributed by atoms with E-state index >= 15 is 0 Å². The molecule has 0 aliphatic heterocycles. The molecule has 0 aliphatic rings. The molecule has 0 aromatic heterocycles. The van der Waals surface area contributed by atoms with E-state index in [-0.39, 0.29) is 5.91 Å². The molecule has 0 fully saturated rings. The van der Waals surface area contributed by atoms with Crippen molar-refractivity contribution in [3.05, 3.63) is 59.2 Å². The Hall–Kier alpha value is -2.80. The van der Waals surface area contributed by atoms with Gasteiger partial charge in [0.15, 0.2) is 16.6 Å². The fraction of sp³-hybridized carbons (Fsp3) is 0.300. The van der Waals surface area contributed by atoms with E-state index in [1.165, 1.54) is 0 Å². The minimum Gasteiger partial charge on any atom is -0.493 e. The highest BCUT2D eigenvalue weighted by Gasteiger charge is 2.07. The van der Waals surface area contributed by atoms with Gasteiger partial charge in [-0.1, -0.05) is 30.3 Å². The van der Waals surface area contributed by atoms with Gasteiger partial charge in [-0.3, -0.25) is 15.6 Å². The Kier molecular flexibility index (Phi) is 7.88. The summed E-state index contributed by atoms with van der Waals surface area (Å²) in [6.45, 7) is 2.60. The highest BCUT2D eigenvalue weighted by Crippen LogP contribution is 2.27. The number of benzene rings is 2. The van der Waals surface area contributed by atoms with Gasteiger partial charge in [-0.2, -0.15) is 0 Å². The zero-order chi connectivity index (χ0) is 19.6. The number of rotatable bonds is 7. The molecule has 144 valence electrons. The maximum atomic E-state index is 12.0. The Morgan fingerprint density at radius 1 is 1.04 bits per heavy atom. The first kappa shape index (κ1) is 20.5. The molecule has 2 aromatic rings. The van der Waals surface area contributed by atoms with Crippen LogP contribution in [0, 0.1) is 6.92 Å². The van der Waals surface area contributed by atoms with E-state index in [0.717, 1.165) is 23.1 Å². The average molecular weight is 388 g/mol. The molecule has 7 heteroatoms. The summed E-state index contributed by atoms with van der Waals surface area (Å²) in [7, 11) is 3.22. The molecule has 0 saturated carbocycles. The molecule has 6 nitrogen and oxygen atoms in total. The molecule has 2 rings (SSSR count). The van der Waals surface area contributed by atoms with E-state index in [1.807, 2.05) is 49.4 Å². The number of methoxy groups -OCH3 is 2. The predicted octanol–water partition coefficient (Wildman–Crippen LogP) is 2.29. The van der Waals surface area contributed by atoms with Gasteiger partial charge in [0, 0.05) is 6.54 Å². The number of carbonyl (C=O) groups excluding carboxylic acids is 1. The van der Waals surface area contributed by atoms with Crippen molar-refractivity contribution in [2.45, 2.75) is 19.8 Å². The first-order valence-corrected chi connectivity index (χ1v) is 9.02. The summed E-state index contributed by atoms with van der Waals surface area (Å²) in [6, 6.07) is 13.6. The fourth-order valence-corrected chi connectivity index (χ4v) is 2.71. The number of hydrogen-bond donors (Lipinski definition) is 3. The van der Waals surface area contributed by atoms with Gasteiger partial charge >= 0.3 is 0 Å². The average Bonchev–Trinajstić information content (AvgIpc) is 2.68. The van der Waals surface area contributed by atoms with Crippen LogP contribution in [-0.2, 0) is 17.6 Å². The summed E-state index contributed by atoms with van der Waals surface area (Å²) in [4.78, 5) is 12.0. The second-order valence-electron chi connectivity index (χ2n) is 5.97. The first-order valence-electron chi connectivity index (χ1n) is 8.61. The predicted molar refractivity (Wildman–Crippen MR) is 110 cm³/mol. The number of carbonyl (C=O) groups is 1. The summed E-state index contributed by atoms with van der Waals surface area (Å²) in [5, 5.41) is 3.43. The summed E-state index contributed by atoms with van der Waals surface area (Å²) < 4.78 is 10.5. The molecule has 2 aromatic carbocycles. The van der Waals surface area contributed by atoms with Crippen molar-refractivity contribution in [3.63, 3.8) is 0 Å². The zero-order valence-corrected chi connectivity index (χ0v) is 16.6. The summed E-state index contributed by atoms with van der Waals surface area (Å²) >= 11 is 5.18. The number of thiocarbonyl (C=S) groups is 1. The van der Waals surface area contributed by atoms with Crippen LogP contribution in [0.4, 0.5) is 0 Å². The van der Waals surface area contributed by atoms with E-state index < -0.39 is 0 Å². The van der Waals surface area contributed by atoms with Crippen molar-refractivity contribution in [2.75, 3.05) is 20.8 Å². The maximum Gasteiger partial charge on any atom is 0.242 e. The Morgan fingerprint density at radius 2 is 1.78 bits per heavy atom. The van der Waals surface area contributed by atoms with Gasteiger partial charge in [0.25, 0.3) is 0 Å². The lowest BCUT2D eigenvalue weighted by Gasteiger charge is -2.13. The van der Waals surface area contributed by atoms with Gasteiger partial charge in [0.1, 0.15) is 0 Å². The van der Waals surface area contributed by atoms with E-state index in [9.17, 15) is 4.79 Å². The zero-order valence-electron chi connectivity index (χ0n) is 15.8. The van der Waals surface area contributed by atoms with Crippen LogP contribution in [0.1, 0.15) is 16.7 Å². The number of aryl methyl sites for hydroxylation is 1. The van der Waals surface area contributed by atoms with Crippen molar-refractivity contribution in [1.29, 1.82) is 0 Å². The van der Waals surface area contributed by atoms with Crippen molar-refractivity contribution >= 4 is 23.2 Å². The van der Waals surface area contributed by atoms with E-state index in [1.54, 1.807) is 14.2 Å². The second-order valence-corrected chi connectivity index (χ2v) is 6.38. The lowest BCUT2D eigenvalue weighted by molar-refractivity contribution is -0.121. The van der Waals surface area contributed by atoms with Gasteiger partial charge in [-0.05, 0) is 54.4 Å². The number of hydrogen-bond acceptors (Lipinski definition) is 4. The molecule has 0 aliphatic carbocycles. The Balaban J connectivity index is 1.72. The molecular weight excluding hydrogens is 362 g/mol. The third-order valence-corrected chi connectivity index (χ3v) is 4.32. The molecule has 0 saturated heterocycles. The number of ether oxygens (including phenoxy) is 2. The second kappa shape index (κ2) is 10.4. The van der Waals surface area contributed by atoms with Crippen molar-refractivity contribution in [2.24, 2.45) is 0 Å². The van der Waals surface area contributed by atoms with Crippen LogP contribution in [0.15, 0.2) is 42.5 Å². The maximum absolute atomic E-state index is 12.0. The van der Waals surface area contributed by atoms with E-state index in [2.05, 4.69) is 16.2 Å². The van der Waals surface area contributed by atoms with Gasteiger partial charge in [-0.15, -0.1) is 0 Å². The lowest BCUT2D eigenvalue weighted by Crippen LogP contribution is -2.47. The van der Waals surface area contributed by atoms with Gasteiger partial charge < -0.3 is 14.8 Å². The Morgan fingerprint density at radius 3 is 2.48 bits per heavy atom.